The molecular weight excluding hydrogens is 354 g/mol. The Morgan fingerprint density at radius 2 is 1.59 bits per heavy atom. The van der Waals surface area contributed by atoms with Crippen LogP contribution in [0.2, 0.25) is 0 Å². The van der Waals surface area contributed by atoms with E-state index in [0.29, 0.717) is 10.5 Å². The molecule has 0 aliphatic carbocycles. The van der Waals surface area contributed by atoms with Crippen LogP contribution in [-0.4, -0.2) is 46.4 Å². The minimum Gasteiger partial charge on any atom is -0.385 e. The first-order valence-electron chi connectivity index (χ1n) is 8.47. The van der Waals surface area contributed by atoms with Crippen molar-refractivity contribution >= 4 is 11.8 Å². The van der Waals surface area contributed by atoms with Gasteiger partial charge >= 0.3 is 0 Å². The number of halogens is 2. The van der Waals surface area contributed by atoms with E-state index >= 15 is 0 Å². The molecule has 0 spiro atoms. The second-order valence-electron chi connectivity index (χ2n) is 6.23. The summed E-state index contributed by atoms with van der Waals surface area (Å²) in [4.78, 5) is 25.8. The summed E-state index contributed by atoms with van der Waals surface area (Å²) in [6, 6.07) is 14.9. The van der Waals surface area contributed by atoms with Crippen LogP contribution in [0.3, 0.4) is 0 Å². The van der Waals surface area contributed by atoms with Gasteiger partial charge in [-0.1, -0.05) is 48.5 Å². The number of amides is 2. The number of nitrogens with zero attached hydrogens (tertiary/aromatic N) is 1. The van der Waals surface area contributed by atoms with E-state index in [4.69, 9.17) is 5.73 Å². The molecule has 2 aromatic carbocycles. The first-order valence-corrected chi connectivity index (χ1v) is 8.47. The highest BCUT2D eigenvalue weighted by Crippen LogP contribution is 2.26. The molecule has 0 aromatic heterocycles. The Bertz CT molecular complexity index is 769. The number of imide groups is 1. The van der Waals surface area contributed by atoms with Crippen molar-refractivity contribution in [1.82, 2.24) is 4.90 Å². The Labute approximate surface area is 156 Å². The number of nitrogens with two attached hydrogens (primary N) is 1. The first-order chi connectivity index (χ1) is 12.8. The average molecular weight is 376 g/mol. The van der Waals surface area contributed by atoms with Gasteiger partial charge in [0.2, 0.25) is 5.91 Å². The summed E-state index contributed by atoms with van der Waals surface area (Å²) in [5, 5.41) is 10.3. The van der Waals surface area contributed by atoms with E-state index < -0.39 is 36.4 Å². The van der Waals surface area contributed by atoms with Gasteiger partial charge in [-0.15, -0.1) is 0 Å². The molecule has 144 valence electrons. The summed E-state index contributed by atoms with van der Waals surface area (Å²) in [5.41, 5.74) is 5.86. The van der Waals surface area contributed by atoms with Gasteiger partial charge in [-0.3, -0.25) is 14.5 Å². The molecule has 2 unspecified atom stereocenters. The molecule has 0 saturated carbocycles. The number of hydrogen-bond acceptors (Lipinski definition) is 4. The van der Waals surface area contributed by atoms with E-state index in [2.05, 4.69) is 0 Å². The SMILES string of the molecule is CC(=O)N(C(=O)c1ccccc1)C(Cc1ccccc1)C(O)C(F)(F)CN. The summed E-state index contributed by atoms with van der Waals surface area (Å²) in [6.07, 6.45) is -2.44. The molecule has 0 aliphatic rings. The van der Waals surface area contributed by atoms with Gasteiger partial charge in [0.15, 0.2) is 0 Å². The molecule has 0 bridgehead atoms. The molecule has 0 saturated heterocycles. The van der Waals surface area contributed by atoms with Gasteiger partial charge in [0.05, 0.1) is 12.6 Å². The number of carbonyl (C=O) groups excluding carboxylic acids is 2. The van der Waals surface area contributed by atoms with Gasteiger partial charge in [0, 0.05) is 12.5 Å². The summed E-state index contributed by atoms with van der Waals surface area (Å²) in [7, 11) is 0. The highest BCUT2D eigenvalue weighted by atomic mass is 19.3. The largest absolute Gasteiger partial charge is 0.385 e. The second kappa shape index (κ2) is 8.83. The summed E-state index contributed by atoms with van der Waals surface area (Å²) in [6.45, 7) is -0.00310. The fourth-order valence-corrected chi connectivity index (χ4v) is 2.85. The molecule has 2 atom stereocenters. The molecule has 0 heterocycles. The lowest BCUT2D eigenvalue weighted by Crippen LogP contribution is -2.58. The minimum atomic E-state index is -3.66. The van der Waals surface area contributed by atoms with Crippen LogP contribution in [0, 0.1) is 0 Å². The van der Waals surface area contributed by atoms with Gasteiger partial charge in [-0.25, -0.2) is 8.78 Å². The topological polar surface area (TPSA) is 83.6 Å². The summed E-state index contributed by atoms with van der Waals surface area (Å²) < 4.78 is 28.3. The molecule has 0 radical (unpaired) electrons. The van der Waals surface area contributed by atoms with Crippen molar-refractivity contribution in [3.8, 4) is 0 Å². The third-order valence-corrected chi connectivity index (χ3v) is 4.27. The van der Waals surface area contributed by atoms with Crippen molar-refractivity contribution in [2.45, 2.75) is 31.4 Å². The van der Waals surface area contributed by atoms with Crippen molar-refractivity contribution in [3.05, 3.63) is 71.8 Å². The summed E-state index contributed by atoms with van der Waals surface area (Å²) in [5.74, 6) is -5.16. The molecule has 0 aliphatic heterocycles. The maximum absolute atomic E-state index is 14.2. The lowest BCUT2D eigenvalue weighted by atomic mass is 9.94. The molecular formula is C20H22F2N2O3. The Morgan fingerprint density at radius 3 is 2.07 bits per heavy atom. The molecule has 5 nitrogen and oxygen atoms in total. The van der Waals surface area contributed by atoms with Crippen molar-refractivity contribution in [2.24, 2.45) is 5.73 Å². The van der Waals surface area contributed by atoms with Crippen molar-refractivity contribution in [3.63, 3.8) is 0 Å². The molecule has 0 fully saturated rings. The number of aliphatic hydroxyl groups is 1. The number of rotatable bonds is 7. The Hall–Kier alpha value is -2.64. The zero-order valence-electron chi connectivity index (χ0n) is 14.9. The smallest absolute Gasteiger partial charge is 0.287 e. The number of carbonyl (C=O) groups is 2. The zero-order chi connectivity index (χ0) is 20.0. The Balaban J connectivity index is 2.47. The van der Waals surface area contributed by atoms with E-state index in [-0.39, 0.29) is 12.0 Å². The van der Waals surface area contributed by atoms with E-state index in [9.17, 15) is 23.5 Å². The van der Waals surface area contributed by atoms with Crippen LogP contribution in [0.5, 0.6) is 0 Å². The van der Waals surface area contributed by atoms with Crippen LogP contribution in [0.25, 0.3) is 0 Å². The minimum absolute atomic E-state index is 0.129. The predicted octanol–water partition coefficient (Wildman–Crippen LogP) is 2.24. The Kier molecular flexibility index (Phi) is 6.76. The van der Waals surface area contributed by atoms with E-state index in [1.165, 1.54) is 12.1 Å². The third kappa shape index (κ3) is 4.96. The van der Waals surface area contributed by atoms with Crippen LogP contribution in [0.4, 0.5) is 8.78 Å². The highest BCUT2D eigenvalue weighted by Gasteiger charge is 2.46. The molecule has 7 heteroatoms. The van der Waals surface area contributed by atoms with Gasteiger partial charge in [-0.05, 0) is 24.1 Å². The fourth-order valence-electron chi connectivity index (χ4n) is 2.85. The van der Waals surface area contributed by atoms with Gasteiger partial charge in [0.1, 0.15) is 6.10 Å². The van der Waals surface area contributed by atoms with Gasteiger partial charge < -0.3 is 10.8 Å². The average Bonchev–Trinajstić information content (AvgIpc) is 2.68. The van der Waals surface area contributed by atoms with Crippen LogP contribution in [-0.2, 0) is 11.2 Å². The van der Waals surface area contributed by atoms with E-state index in [1.54, 1.807) is 48.5 Å². The van der Waals surface area contributed by atoms with Gasteiger partial charge in [-0.2, -0.15) is 0 Å². The maximum Gasteiger partial charge on any atom is 0.287 e. The van der Waals surface area contributed by atoms with E-state index in [0.717, 1.165) is 6.92 Å². The van der Waals surface area contributed by atoms with Gasteiger partial charge in [0.25, 0.3) is 11.8 Å². The van der Waals surface area contributed by atoms with Crippen molar-refractivity contribution in [2.75, 3.05) is 6.54 Å². The highest BCUT2D eigenvalue weighted by molar-refractivity contribution is 6.04. The summed E-state index contributed by atoms with van der Waals surface area (Å²) >= 11 is 0. The molecule has 27 heavy (non-hydrogen) atoms. The maximum atomic E-state index is 14.2. The molecule has 2 rings (SSSR count). The monoisotopic (exact) mass is 376 g/mol. The number of aliphatic hydroxyl groups excluding tert-OH is 1. The lowest BCUT2D eigenvalue weighted by Gasteiger charge is -2.36. The fraction of sp³-hybridized carbons (Fsp3) is 0.300. The second-order valence-corrected chi connectivity index (χ2v) is 6.23. The van der Waals surface area contributed by atoms with Crippen LogP contribution in [0.1, 0.15) is 22.8 Å². The Morgan fingerprint density at radius 1 is 1.07 bits per heavy atom. The zero-order valence-corrected chi connectivity index (χ0v) is 14.9. The van der Waals surface area contributed by atoms with Crippen LogP contribution < -0.4 is 5.73 Å². The predicted molar refractivity (Wildman–Crippen MR) is 97.2 cm³/mol. The van der Waals surface area contributed by atoms with Crippen molar-refractivity contribution in [1.29, 1.82) is 0 Å². The molecule has 2 aromatic rings. The molecule has 2 amide bonds. The van der Waals surface area contributed by atoms with E-state index in [1.807, 2.05) is 0 Å². The standard InChI is InChI=1S/C20H22F2N2O3/c1-14(25)24(19(27)16-10-6-3-7-11-16)17(18(26)20(21,22)13-23)12-15-8-4-2-5-9-15/h2-11,17-18,26H,12-13,23H2,1H3. The normalized spacial score (nSPS) is 13.7. The van der Waals surface area contributed by atoms with Crippen LogP contribution in [0.15, 0.2) is 60.7 Å². The molecule has 3 N–H and O–H groups in total. The number of alkyl halides is 2. The number of benzene rings is 2. The number of hydrogen-bond donors (Lipinski definition) is 2. The lowest BCUT2D eigenvalue weighted by molar-refractivity contribution is -0.145. The first kappa shape index (κ1) is 20.7. The quantitative estimate of drug-likeness (QED) is 0.776. The van der Waals surface area contributed by atoms with Crippen molar-refractivity contribution < 1.29 is 23.5 Å². The third-order valence-electron chi connectivity index (χ3n) is 4.27. The van der Waals surface area contributed by atoms with Crippen LogP contribution >= 0.6 is 0 Å².